The third kappa shape index (κ3) is 3.25. The van der Waals surface area contributed by atoms with Gasteiger partial charge in [0, 0.05) is 22.0 Å². The molecular formula is C17H10ClN5O3S. The van der Waals surface area contributed by atoms with Crippen LogP contribution in [0.3, 0.4) is 0 Å². The van der Waals surface area contributed by atoms with Gasteiger partial charge in [0.15, 0.2) is 0 Å². The van der Waals surface area contributed by atoms with E-state index in [1.165, 1.54) is 23.5 Å². The molecule has 2 heterocycles. The van der Waals surface area contributed by atoms with Gasteiger partial charge < -0.3 is 0 Å². The lowest BCUT2D eigenvalue weighted by molar-refractivity contribution is -0.385. The molecule has 8 nitrogen and oxygen atoms in total. The second kappa shape index (κ2) is 6.78. The number of nitrogens with zero attached hydrogens (tertiary/aromatic N) is 4. The number of halogens is 1. The summed E-state index contributed by atoms with van der Waals surface area (Å²) in [6.45, 7) is 0. The second-order valence-electron chi connectivity index (χ2n) is 5.49. The smallest absolute Gasteiger partial charge is 0.283 e. The Balaban J connectivity index is 1.66. The molecule has 2 aromatic heterocycles. The van der Waals surface area contributed by atoms with Gasteiger partial charge in [-0.15, -0.1) is 16.4 Å². The van der Waals surface area contributed by atoms with Gasteiger partial charge in [-0.2, -0.15) is 4.98 Å². The van der Waals surface area contributed by atoms with Crippen molar-refractivity contribution in [2.24, 2.45) is 0 Å². The summed E-state index contributed by atoms with van der Waals surface area (Å²) in [5.74, 6) is -0.619. The van der Waals surface area contributed by atoms with Crippen molar-refractivity contribution < 1.29 is 9.72 Å². The number of hydrogen-bond donors (Lipinski definition) is 1. The molecule has 2 aromatic carbocycles. The van der Waals surface area contributed by atoms with Gasteiger partial charge in [-0.25, -0.2) is 4.52 Å². The number of fused-ring (bicyclic) bond motifs is 1. The fourth-order valence-corrected chi connectivity index (χ4v) is 3.56. The van der Waals surface area contributed by atoms with E-state index < -0.39 is 10.8 Å². The second-order valence-corrected chi connectivity index (χ2v) is 6.76. The van der Waals surface area contributed by atoms with E-state index in [-0.39, 0.29) is 22.2 Å². The van der Waals surface area contributed by atoms with Gasteiger partial charge in [0.2, 0.25) is 4.96 Å². The molecule has 1 N–H and O–H groups in total. The zero-order valence-electron chi connectivity index (χ0n) is 13.5. The molecule has 0 bridgehead atoms. The maximum absolute atomic E-state index is 12.5. The highest BCUT2D eigenvalue weighted by molar-refractivity contribution is 7.15. The first kappa shape index (κ1) is 17.1. The molecule has 0 saturated heterocycles. The van der Waals surface area contributed by atoms with E-state index in [1.54, 1.807) is 4.52 Å². The Morgan fingerprint density at radius 1 is 1.22 bits per heavy atom. The Hall–Kier alpha value is -3.30. The lowest BCUT2D eigenvalue weighted by Gasteiger charge is -2.03. The first-order valence-corrected chi connectivity index (χ1v) is 8.93. The Morgan fingerprint density at radius 3 is 2.74 bits per heavy atom. The number of nitrogens with one attached hydrogen (secondary N) is 1. The zero-order chi connectivity index (χ0) is 19.0. The van der Waals surface area contributed by atoms with Crippen LogP contribution in [0, 0.1) is 10.1 Å². The van der Waals surface area contributed by atoms with E-state index in [1.807, 2.05) is 35.7 Å². The van der Waals surface area contributed by atoms with Crippen LogP contribution in [0.4, 0.5) is 11.6 Å². The average molecular weight is 400 g/mol. The van der Waals surface area contributed by atoms with E-state index in [2.05, 4.69) is 15.4 Å². The van der Waals surface area contributed by atoms with Crippen molar-refractivity contribution in [1.82, 2.24) is 14.6 Å². The number of nitro benzene ring substituents is 1. The number of aromatic nitrogens is 3. The molecule has 0 unspecified atom stereocenters. The van der Waals surface area contributed by atoms with Gasteiger partial charge in [-0.05, 0) is 12.1 Å². The first-order valence-electron chi connectivity index (χ1n) is 7.68. The van der Waals surface area contributed by atoms with E-state index in [9.17, 15) is 14.9 Å². The number of nitro groups is 1. The van der Waals surface area contributed by atoms with Crippen LogP contribution in [0.2, 0.25) is 5.02 Å². The highest BCUT2D eigenvalue weighted by Crippen LogP contribution is 2.27. The standard InChI is InChI=1S/C17H10ClN5O3S/c18-11-6-7-12(13(8-11)23(25)26)15(24)19-16-20-17-22(21-16)14(9-27-17)10-4-2-1-3-5-10/h1-9H,(H,19,21,24). The number of carbonyl (C=O) groups is 1. The van der Waals surface area contributed by atoms with Crippen molar-refractivity contribution in [3.05, 3.63) is 74.6 Å². The summed E-state index contributed by atoms with van der Waals surface area (Å²) >= 11 is 7.15. The number of hydrogen-bond acceptors (Lipinski definition) is 6. The Kier molecular flexibility index (Phi) is 4.30. The van der Waals surface area contributed by atoms with Crippen LogP contribution in [0.25, 0.3) is 16.2 Å². The van der Waals surface area contributed by atoms with Crippen molar-refractivity contribution in [3.8, 4) is 11.3 Å². The maximum Gasteiger partial charge on any atom is 0.283 e. The highest BCUT2D eigenvalue weighted by atomic mass is 35.5. The summed E-state index contributed by atoms with van der Waals surface area (Å²) in [6, 6.07) is 13.5. The normalized spacial score (nSPS) is 10.9. The van der Waals surface area contributed by atoms with Crippen LogP contribution >= 0.6 is 22.9 Å². The minimum absolute atomic E-state index is 0.0632. The predicted octanol–water partition coefficient (Wildman–Crippen LogP) is 4.27. The van der Waals surface area contributed by atoms with Crippen molar-refractivity contribution in [2.75, 3.05) is 5.32 Å². The topological polar surface area (TPSA) is 102 Å². The molecule has 0 radical (unpaired) electrons. The molecule has 0 saturated carbocycles. The van der Waals surface area contributed by atoms with Crippen LogP contribution in [0.5, 0.6) is 0 Å². The van der Waals surface area contributed by atoms with E-state index in [0.717, 1.165) is 17.3 Å². The van der Waals surface area contributed by atoms with Gasteiger partial charge in [0.05, 0.1) is 10.6 Å². The van der Waals surface area contributed by atoms with Crippen LogP contribution in [-0.4, -0.2) is 25.4 Å². The molecule has 4 aromatic rings. The van der Waals surface area contributed by atoms with Gasteiger partial charge in [-0.1, -0.05) is 41.9 Å². The monoisotopic (exact) mass is 399 g/mol. The lowest BCUT2D eigenvalue weighted by Crippen LogP contribution is -2.15. The highest BCUT2D eigenvalue weighted by Gasteiger charge is 2.22. The summed E-state index contributed by atoms with van der Waals surface area (Å²) in [7, 11) is 0. The molecule has 27 heavy (non-hydrogen) atoms. The van der Waals surface area contributed by atoms with Gasteiger partial charge in [0.1, 0.15) is 5.56 Å². The Morgan fingerprint density at radius 2 is 2.00 bits per heavy atom. The summed E-state index contributed by atoms with van der Waals surface area (Å²) in [5.41, 5.74) is 1.29. The summed E-state index contributed by atoms with van der Waals surface area (Å²) < 4.78 is 1.62. The third-order valence-corrected chi connectivity index (χ3v) is 4.83. The minimum Gasteiger partial charge on any atom is -0.289 e. The summed E-state index contributed by atoms with van der Waals surface area (Å²) in [6.07, 6.45) is 0. The van der Waals surface area contributed by atoms with Gasteiger partial charge >= 0.3 is 0 Å². The quantitative estimate of drug-likeness (QED) is 0.407. The zero-order valence-corrected chi connectivity index (χ0v) is 15.1. The van der Waals surface area contributed by atoms with Crippen LogP contribution in [0.15, 0.2) is 53.9 Å². The van der Waals surface area contributed by atoms with Crippen molar-refractivity contribution >= 4 is 45.4 Å². The number of amides is 1. The molecule has 0 atom stereocenters. The molecule has 0 aliphatic heterocycles. The van der Waals surface area contributed by atoms with Gasteiger partial charge in [-0.3, -0.25) is 20.2 Å². The molecule has 4 rings (SSSR count). The summed E-state index contributed by atoms with van der Waals surface area (Å²) in [5, 5.41) is 20.1. The van der Waals surface area contributed by atoms with Crippen molar-refractivity contribution in [3.63, 3.8) is 0 Å². The fourth-order valence-electron chi connectivity index (χ4n) is 2.56. The Bertz CT molecular complexity index is 1170. The van der Waals surface area contributed by atoms with Crippen LogP contribution in [-0.2, 0) is 0 Å². The van der Waals surface area contributed by atoms with Crippen molar-refractivity contribution in [2.45, 2.75) is 0 Å². The molecule has 0 aliphatic rings. The molecule has 0 aliphatic carbocycles. The third-order valence-electron chi connectivity index (χ3n) is 3.78. The maximum atomic E-state index is 12.5. The number of thiazole rings is 1. The number of benzene rings is 2. The lowest BCUT2D eigenvalue weighted by atomic mass is 10.1. The number of anilines is 1. The average Bonchev–Trinajstić information content (AvgIpc) is 3.22. The van der Waals surface area contributed by atoms with E-state index in [4.69, 9.17) is 11.6 Å². The molecule has 0 fully saturated rings. The van der Waals surface area contributed by atoms with Crippen LogP contribution < -0.4 is 5.32 Å². The minimum atomic E-state index is -0.683. The molecule has 1 amide bonds. The first-order chi connectivity index (χ1) is 13.0. The molecule has 10 heteroatoms. The predicted molar refractivity (Wildman–Crippen MR) is 102 cm³/mol. The molecule has 0 spiro atoms. The van der Waals surface area contributed by atoms with E-state index >= 15 is 0 Å². The SMILES string of the molecule is O=C(Nc1nc2scc(-c3ccccc3)n2n1)c1ccc(Cl)cc1[N+](=O)[O-]. The van der Waals surface area contributed by atoms with Gasteiger partial charge in [0.25, 0.3) is 17.5 Å². The molecule has 134 valence electrons. The fraction of sp³-hybridized carbons (Fsp3) is 0. The Labute approximate surface area is 161 Å². The molecular weight excluding hydrogens is 390 g/mol. The number of carbonyl (C=O) groups excluding carboxylic acids is 1. The summed E-state index contributed by atoms with van der Waals surface area (Å²) in [4.78, 5) is 27.8. The largest absolute Gasteiger partial charge is 0.289 e. The number of rotatable bonds is 4. The van der Waals surface area contributed by atoms with Crippen molar-refractivity contribution in [1.29, 1.82) is 0 Å². The van der Waals surface area contributed by atoms with Crippen LogP contribution in [0.1, 0.15) is 10.4 Å². The van der Waals surface area contributed by atoms with E-state index in [0.29, 0.717) is 4.96 Å².